The van der Waals surface area contributed by atoms with Gasteiger partial charge in [-0.2, -0.15) is 0 Å². The molecule has 1 aliphatic carbocycles. The third kappa shape index (κ3) is 2.98. The van der Waals surface area contributed by atoms with Crippen LogP contribution < -0.4 is 0 Å². The van der Waals surface area contributed by atoms with E-state index < -0.39 is 0 Å². The number of allylic oxidation sites excluding steroid dienone is 2. The third-order valence-electron chi connectivity index (χ3n) is 1.23. The normalized spacial score (nSPS) is 15.8. The maximum atomic E-state index is 3.16. The van der Waals surface area contributed by atoms with Crippen LogP contribution >= 0.6 is 0 Å². The van der Waals surface area contributed by atoms with Gasteiger partial charge in [0.05, 0.1) is 0 Å². The van der Waals surface area contributed by atoms with Crippen LogP contribution in [-0.2, 0) is 0 Å². The molecule has 0 amide bonds. The summed E-state index contributed by atoms with van der Waals surface area (Å²) < 4.78 is 0. The van der Waals surface area contributed by atoms with Gasteiger partial charge in [0.15, 0.2) is 0 Å². The van der Waals surface area contributed by atoms with E-state index >= 15 is 0 Å². The van der Waals surface area contributed by atoms with Gasteiger partial charge in [-0.3, -0.25) is 0 Å². The lowest BCUT2D eigenvalue weighted by molar-refractivity contribution is 1.18. The van der Waals surface area contributed by atoms with Gasteiger partial charge >= 0.3 is 0 Å². The highest BCUT2D eigenvalue weighted by Crippen LogP contribution is 2.27. The van der Waals surface area contributed by atoms with E-state index in [0.29, 0.717) is 0 Å². The Hall–Kier alpha value is -0.700. The summed E-state index contributed by atoms with van der Waals surface area (Å²) in [6.07, 6.45) is 4.63. The molecular weight excluding hydrogens is 108 g/mol. The number of hydrogen-bond donors (Lipinski definition) is 0. The molecule has 0 aromatic carbocycles. The van der Waals surface area contributed by atoms with Crippen LogP contribution in [0.5, 0.6) is 0 Å². The molecule has 0 bridgehead atoms. The molecule has 9 heavy (non-hydrogen) atoms. The van der Waals surface area contributed by atoms with E-state index in [1.165, 1.54) is 18.4 Å². The highest BCUT2D eigenvalue weighted by atomic mass is 14.2. The first kappa shape index (κ1) is 6.42. The van der Waals surface area contributed by atoms with Crippen molar-refractivity contribution in [2.45, 2.75) is 26.7 Å². The highest BCUT2D eigenvalue weighted by molar-refractivity contribution is 5.22. The van der Waals surface area contributed by atoms with Gasteiger partial charge in [0.25, 0.3) is 0 Å². The van der Waals surface area contributed by atoms with Crippen LogP contribution in [0.1, 0.15) is 26.7 Å². The minimum absolute atomic E-state index is 0.737. The number of hydrogen-bond acceptors (Lipinski definition) is 0. The SMILES string of the molecule is CC(C)=CC#CC1CC1. The van der Waals surface area contributed by atoms with Crippen molar-refractivity contribution in [1.29, 1.82) is 0 Å². The zero-order chi connectivity index (χ0) is 6.69. The van der Waals surface area contributed by atoms with Gasteiger partial charge in [-0.05, 0) is 32.8 Å². The quantitative estimate of drug-likeness (QED) is 0.430. The van der Waals surface area contributed by atoms with Crippen molar-refractivity contribution in [2.75, 3.05) is 0 Å². The summed E-state index contributed by atoms with van der Waals surface area (Å²) in [6, 6.07) is 0. The average Bonchev–Trinajstić information content (AvgIpc) is 2.48. The minimum atomic E-state index is 0.737. The summed E-state index contributed by atoms with van der Waals surface area (Å²) in [7, 11) is 0. The maximum Gasteiger partial charge on any atom is 0.0207 e. The van der Waals surface area contributed by atoms with Gasteiger partial charge in [0.2, 0.25) is 0 Å². The Morgan fingerprint density at radius 3 is 2.56 bits per heavy atom. The highest BCUT2D eigenvalue weighted by Gasteiger charge is 2.17. The molecular formula is C9H12. The largest absolute Gasteiger partial charge is 0.0951 e. The summed E-state index contributed by atoms with van der Waals surface area (Å²) in [5.41, 5.74) is 1.29. The van der Waals surface area contributed by atoms with E-state index in [4.69, 9.17) is 0 Å². The van der Waals surface area contributed by atoms with Crippen LogP contribution in [0, 0.1) is 17.8 Å². The summed E-state index contributed by atoms with van der Waals surface area (Å²) >= 11 is 0. The Morgan fingerprint density at radius 2 is 2.11 bits per heavy atom. The number of rotatable bonds is 0. The standard InChI is InChI=1S/C9H12/c1-8(2)4-3-5-9-6-7-9/h4,9H,6-7H2,1-2H3. The summed E-state index contributed by atoms with van der Waals surface area (Å²) in [6.45, 7) is 4.14. The molecule has 0 spiro atoms. The van der Waals surface area contributed by atoms with Crippen molar-refractivity contribution >= 4 is 0 Å². The molecule has 0 saturated heterocycles. The Kier molecular flexibility index (Phi) is 1.95. The zero-order valence-corrected chi connectivity index (χ0v) is 6.07. The first-order valence-electron chi connectivity index (χ1n) is 3.43. The van der Waals surface area contributed by atoms with Crippen LogP contribution in [-0.4, -0.2) is 0 Å². The van der Waals surface area contributed by atoms with E-state index in [2.05, 4.69) is 25.7 Å². The fraction of sp³-hybridized carbons (Fsp3) is 0.556. The Labute approximate surface area is 57.0 Å². The van der Waals surface area contributed by atoms with Crippen LogP contribution in [0.3, 0.4) is 0 Å². The van der Waals surface area contributed by atoms with Crippen molar-refractivity contribution in [1.82, 2.24) is 0 Å². The summed E-state index contributed by atoms with van der Waals surface area (Å²) in [5, 5.41) is 0. The van der Waals surface area contributed by atoms with Gasteiger partial charge in [-0.25, -0.2) is 0 Å². The van der Waals surface area contributed by atoms with Crippen LogP contribution in [0.4, 0.5) is 0 Å². The molecule has 0 heterocycles. The van der Waals surface area contributed by atoms with Gasteiger partial charge in [-0.15, -0.1) is 0 Å². The van der Waals surface area contributed by atoms with Gasteiger partial charge in [0, 0.05) is 5.92 Å². The third-order valence-corrected chi connectivity index (χ3v) is 1.23. The minimum Gasteiger partial charge on any atom is -0.0951 e. The summed E-state index contributed by atoms with van der Waals surface area (Å²) in [4.78, 5) is 0. The molecule has 0 aliphatic heterocycles. The summed E-state index contributed by atoms with van der Waals surface area (Å²) in [5.74, 6) is 6.93. The molecule has 48 valence electrons. The van der Waals surface area contributed by atoms with Crippen LogP contribution in [0.25, 0.3) is 0 Å². The van der Waals surface area contributed by atoms with Crippen LogP contribution in [0.15, 0.2) is 11.6 Å². The molecule has 1 fully saturated rings. The first-order valence-corrected chi connectivity index (χ1v) is 3.43. The van der Waals surface area contributed by atoms with Crippen molar-refractivity contribution in [3.05, 3.63) is 11.6 Å². The lowest BCUT2D eigenvalue weighted by Crippen LogP contribution is -1.62. The van der Waals surface area contributed by atoms with E-state index in [-0.39, 0.29) is 0 Å². The Morgan fingerprint density at radius 1 is 1.44 bits per heavy atom. The van der Waals surface area contributed by atoms with Crippen molar-refractivity contribution in [2.24, 2.45) is 5.92 Å². The Bertz CT molecular complexity index is 168. The van der Waals surface area contributed by atoms with E-state index in [1.807, 2.05) is 6.08 Å². The van der Waals surface area contributed by atoms with Crippen molar-refractivity contribution < 1.29 is 0 Å². The second-order valence-corrected chi connectivity index (χ2v) is 2.78. The lowest BCUT2D eigenvalue weighted by Gasteiger charge is -1.76. The van der Waals surface area contributed by atoms with Gasteiger partial charge in [0.1, 0.15) is 0 Å². The fourth-order valence-electron chi connectivity index (χ4n) is 0.532. The Balaban J connectivity index is 2.32. The average molecular weight is 120 g/mol. The van der Waals surface area contributed by atoms with E-state index in [9.17, 15) is 0 Å². The topological polar surface area (TPSA) is 0 Å². The molecule has 0 atom stereocenters. The molecule has 1 aliphatic rings. The molecule has 1 saturated carbocycles. The second kappa shape index (κ2) is 2.73. The predicted molar refractivity (Wildman–Crippen MR) is 39.9 cm³/mol. The predicted octanol–water partition coefficient (Wildman–Crippen LogP) is 2.37. The smallest absolute Gasteiger partial charge is 0.0207 e. The molecule has 1 rings (SSSR count). The van der Waals surface area contributed by atoms with Crippen molar-refractivity contribution in [3.63, 3.8) is 0 Å². The maximum absolute atomic E-state index is 3.16. The van der Waals surface area contributed by atoms with E-state index in [0.717, 1.165) is 5.92 Å². The van der Waals surface area contributed by atoms with Gasteiger partial charge in [-0.1, -0.05) is 17.4 Å². The molecule has 0 heteroatoms. The van der Waals surface area contributed by atoms with Gasteiger partial charge < -0.3 is 0 Å². The molecule has 0 nitrogen and oxygen atoms in total. The second-order valence-electron chi connectivity index (χ2n) is 2.78. The lowest BCUT2D eigenvalue weighted by atomic mass is 10.3. The van der Waals surface area contributed by atoms with Crippen LogP contribution in [0.2, 0.25) is 0 Å². The molecule has 0 radical (unpaired) electrons. The molecule has 0 aromatic rings. The molecule has 0 unspecified atom stereocenters. The van der Waals surface area contributed by atoms with Crippen molar-refractivity contribution in [3.8, 4) is 11.8 Å². The fourth-order valence-corrected chi connectivity index (χ4v) is 0.532. The molecule has 0 N–H and O–H groups in total. The molecule has 0 aromatic heterocycles. The monoisotopic (exact) mass is 120 g/mol. The first-order chi connectivity index (χ1) is 4.29. The van der Waals surface area contributed by atoms with E-state index in [1.54, 1.807) is 0 Å². The zero-order valence-electron chi connectivity index (χ0n) is 6.07.